The third kappa shape index (κ3) is 3.40. The van der Waals surface area contributed by atoms with Crippen LogP contribution in [0.3, 0.4) is 0 Å². The van der Waals surface area contributed by atoms with Crippen molar-refractivity contribution in [3.05, 3.63) is 17.0 Å². The number of hydrogen-bond acceptors (Lipinski definition) is 4. The van der Waals surface area contributed by atoms with Crippen LogP contribution in [-0.4, -0.2) is 40.2 Å². The molecule has 114 valence electrons. The molecule has 2 N–H and O–H groups in total. The van der Waals surface area contributed by atoms with Gasteiger partial charge in [0.1, 0.15) is 0 Å². The van der Waals surface area contributed by atoms with Crippen LogP contribution in [0.2, 0.25) is 0 Å². The van der Waals surface area contributed by atoms with Gasteiger partial charge in [0.05, 0.1) is 24.9 Å². The summed E-state index contributed by atoms with van der Waals surface area (Å²) in [7, 11) is 0. The Bertz CT molecular complexity index is 425. The molecular weight excluding hydrogens is 254 g/mol. The highest BCUT2D eigenvalue weighted by Crippen LogP contribution is 2.19. The molecule has 1 aromatic rings. The lowest BCUT2D eigenvalue weighted by Gasteiger charge is -2.23. The van der Waals surface area contributed by atoms with Crippen LogP contribution < -0.4 is 5.32 Å². The van der Waals surface area contributed by atoms with Gasteiger partial charge in [-0.25, -0.2) is 0 Å². The van der Waals surface area contributed by atoms with Crippen LogP contribution in [0.25, 0.3) is 0 Å². The summed E-state index contributed by atoms with van der Waals surface area (Å²) < 4.78 is 7.67. The van der Waals surface area contributed by atoms with Crippen LogP contribution in [0.5, 0.6) is 0 Å². The summed E-state index contributed by atoms with van der Waals surface area (Å²) in [6.07, 6.45) is 3.77. The van der Waals surface area contributed by atoms with E-state index < -0.39 is 0 Å². The largest absolute Gasteiger partial charge is 0.394 e. The highest BCUT2D eigenvalue weighted by Gasteiger charge is 2.24. The van der Waals surface area contributed by atoms with Crippen LogP contribution >= 0.6 is 0 Å². The molecule has 2 heterocycles. The maximum Gasteiger partial charge on any atom is 0.0728 e. The SMILES string of the molecule is CCC(NCc1c(C)nn(CCO)c1C)C1CCCO1. The minimum absolute atomic E-state index is 0.127. The monoisotopic (exact) mass is 281 g/mol. The predicted octanol–water partition coefficient (Wildman–Crippen LogP) is 1.54. The van der Waals surface area contributed by atoms with E-state index in [2.05, 4.69) is 24.3 Å². The zero-order chi connectivity index (χ0) is 14.5. The highest BCUT2D eigenvalue weighted by molar-refractivity contribution is 5.24. The van der Waals surface area contributed by atoms with Gasteiger partial charge in [-0.05, 0) is 33.1 Å². The average Bonchev–Trinajstić information content (AvgIpc) is 3.04. The Kier molecular flexibility index (Phi) is 5.57. The van der Waals surface area contributed by atoms with Crippen molar-refractivity contribution < 1.29 is 9.84 Å². The van der Waals surface area contributed by atoms with Crippen LogP contribution in [0.1, 0.15) is 43.1 Å². The molecule has 1 aromatic heterocycles. The van der Waals surface area contributed by atoms with Gasteiger partial charge in [0, 0.05) is 30.5 Å². The number of aryl methyl sites for hydroxylation is 1. The second-order valence-electron chi connectivity index (χ2n) is 5.54. The van der Waals surface area contributed by atoms with Crippen LogP contribution in [-0.2, 0) is 17.8 Å². The Labute approximate surface area is 121 Å². The summed E-state index contributed by atoms with van der Waals surface area (Å²) in [5.41, 5.74) is 3.44. The first-order valence-corrected chi connectivity index (χ1v) is 7.66. The lowest BCUT2D eigenvalue weighted by molar-refractivity contribution is 0.0764. The molecule has 0 amide bonds. The molecule has 2 unspecified atom stereocenters. The van der Waals surface area contributed by atoms with Crippen LogP contribution in [0.4, 0.5) is 0 Å². The van der Waals surface area contributed by atoms with Crippen LogP contribution in [0, 0.1) is 13.8 Å². The van der Waals surface area contributed by atoms with E-state index >= 15 is 0 Å². The van der Waals surface area contributed by atoms with Gasteiger partial charge in [-0.3, -0.25) is 4.68 Å². The van der Waals surface area contributed by atoms with Gasteiger partial charge in [-0.1, -0.05) is 6.92 Å². The summed E-state index contributed by atoms with van der Waals surface area (Å²) in [5, 5.41) is 17.2. The number of aliphatic hydroxyl groups is 1. The fourth-order valence-electron chi connectivity index (χ4n) is 2.99. The standard InChI is InChI=1S/C15H27N3O2/c1-4-14(15-6-5-9-20-15)16-10-13-11(2)17-18(7-8-19)12(13)3/h14-16,19H,4-10H2,1-3H3. The summed E-state index contributed by atoms with van der Waals surface area (Å²) >= 11 is 0. The number of ether oxygens (including phenoxy) is 1. The van der Waals surface area contributed by atoms with E-state index in [4.69, 9.17) is 9.84 Å². The molecule has 1 aliphatic rings. The van der Waals surface area contributed by atoms with Crippen molar-refractivity contribution in [3.63, 3.8) is 0 Å². The van der Waals surface area contributed by atoms with E-state index in [-0.39, 0.29) is 6.61 Å². The van der Waals surface area contributed by atoms with Crippen molar-refractivity contribution in [1.82, 2.24) is 15.1 Å². The first kappa shape index (κ1) is 15.5. The minimum atomic E-state index is 0.127. The quantitative estimate of drug-likeness (QED) is 0.796. The first-order valence-electron chi connectivity index (χ1n) is 7.66. The van der Waals surface area contributed by atoms with Crippen molar-refractivity contribution in [2.75, 3.05) is 13.2 Å². The molecular formula is C15H27N3O2. The maximum absolute atomic E-state index is 9.05. The van der Waals surface area contributed by atoms with E-state index in [9.17, 15) is 0 Å². The average molecular weight is 281 g/mol. The smallest absolute Gasteiger partial charge is 0.0728 e. The molecule has 0 spiro atoms. The van der Waals surface area contributed by atoms with E-state index in [0.717, 1.165) is 37.4 Å². The Hall–Kier alpha value is -0.910. The van der Waals surface area contributed by atoms with Gasteiger partial charge in [-0.2, -0.15) is 5.10 Å². The fourth-order valence-corrected chi connectivity index (χ4v) is 2.99. The molecule has 0 aliphatic carbocycles. The van der Waals surface area contributed by atoms with Crippen molar-refractivity contribution in [1.29, 1.82) is 0 Å². The number of aromatic nitrogens is 2. The van der Waals surface area contributed by atoms with Gasteiger partial charge in [0.2, 0.25) is 0 Å². The van der Waals surface area contributed by atoms with Gasteiger partial charge in [0.15, 0.2) is 0 Å². The first-order chi connectivity index (χ1) is 9.67. The number of nitrogens with zero attached hydrogens (tertiary/aromatic N) is 2. The van der Waals surface area contributed by atoms with Crippen molar-refractivity contribution in [3.8, 4) is 0 Å². The van der Waals surface area contributed by atoms with Gasteiger partial charge >= 0.3 is 0 Å². The molecule has 0 radical (unpaired) electrons. The zero-order valence-electron chi connectivity index (χ0n) is 12.9. The molecule has 1 saturated heterocycles. The molecule has 2 atom stereocenters. The molecule has 2 rings (SSSR count). The fraction of sp³-hybridized carbons (Fsp3) is 0.800. The second kappa shape index (κ2) is 7.20. The summed E-state index contributed by atoms with van der Waals surface area (Å²) in [5.74, 6) is 0. The molecule has 20 heavy (non-hydrogen) atoms. The normalized spacial score (nSPS) is 20.5. The third-order valence-electron chi connectivity index (χ3n) is 4.24. The van der Waals surface area contributed by atoms with E-state index in [1.807, 2.05) is 11.6 Å². The molecule has 1 aliphatic heterocycles. The summed E-state index contributed by atoms with van der Waals surface area (Å²) in [6.45, 7) is 8.72. The lowest BCUT2D eigenvalue weighted by atomic mass is 10.0. The molecule has 5 nitrogen and oxygen atoms in total. The van der Waals surface area contributed by atoms with E-state index in [1.54, 1.807) is 0 Å². The van der Waals surface area contributed by atoms with Gasteiger partial charge in [0.25, 0.3) is 0 Å². The topological polar surface area (TPSA) is 59.3 Å². The van der Waals surface area contributed by atoms with Crippen molar-refractivity contribution in [2.45, 2.75) is 65.3 Å². The Morgan fingerprint density at radius 1 is 1.50 bits per heavy atom. The van der Waals surface area contributed by atoms with Crippen LogP contribution in [0.15, 0.2) is 0 Å². The van der Waals surface area contributed by atoms with E-state index in [1.165, 1.54) is 12.0 Å². The van der Waals surface area contributed by atoms with Crippen molar-refractivity contribution >= 4 is 0 Å². The third-order valence-corrected chi connectivity index (χ3v) is 4.24. The minimum Gasteiger partial charge on any atom is -0.394 e. The Balaban J connectivity index is 1.98. The maximum atomic E-state index is 9.05. The number of aliphatic hydroxyl groups excluding tert-OH is 1. The molecule has 1 fully saturated rings. The lowest BCUT2D eigenvalue weighted by Crippen LogP contribution is -2.38. The summed E-state index contributed by atoms with van der Waals surface area (Å²) in [4.78, 5) is 0. The number of hydrogen-bond donors (Lipinski definition) is 2. The zero-order valence-corrected chi connectivity index (χ0v) is 12.9. The second-order valence-corrected chi connectivity index (χ2v) is 5.54. The molecule has 5 heteroatoms. The summed E-state index contributed by atoms with van der Waals surface area (Å²) in [6, 6.07) is 0.414. The van der Waals surface area contributed by atoms with Gasteiger partial charge in [-0.15, -0.1) is 0 Å². The predicted molar refractivity (Wildman–Crippen MR) is 78.7 cm³/mol. The van der Waals surface area contributed by atoms with E-state index in [0.29, 0.717) is 18.7 Å². The molecule has 0 bridgehead atoms. The Morgan fingerprint density at radius 2 is 2.30 bits per heavy atom. The highest BCUT2D eigenvalue weighted by atomic mass is 16.5. The van der Waals surface area contributed by atoms with Crippen molar-refractivity contribution in [2.24, 2.45) is 0 Å². The number of nitrogens with one attached hydrogen (secondary N) is 1. The molecule has 0 aromatic carbocycles. The van der Waals surface area contributed by atoms with Gasteiger partial charge < -0.3 is 15.2 Å². The Morgan fingerprint density at radius 3 is 2.90 bits per heavy atom. The number of rotatable bonds is 7. The molecule has 0 saturated carbocycles.